The molecule has 4 heteroatoms. The summed E-state index contributed by atoms with van der Waals surface area (Å²) in [5, 5.41) is 5.93. The number of nitrogens with one attached hydrogen (secondary N) is 2. The van der Waals surface area contributed by atoms with E-state index in [2.05, 4.69) is 17.6 Å². The van der Waals surface area contributed by atoms with Crippen LogP contribution in [0.3, 0.4) is 0 Å². The van der Waals surface area contributed by atoms with Crippen molar-refractivity contribution in [3.63, 3.8) is 0 Å². The average Bonchev–Trinajstić information content (AvgIpc) is 2.36. The van der Waals surface area contributed by atoms with Gasteiger partial charge in [-0.1, -0.05) is 26.2 Å². The Labute approximate surface area is 104 Å². The maximum Gasteiger partial charge on any atom is 0.234 e. The van der Waals surface area contributed by atoms with E-state index in [1.165, 1.54) is 32.1 Å². The van der Waals surface area contributed by atoms with Crippen LogP contribution in [0.2, 0.25) is 0 Å². The molecule has 2 N–H and O–H groups in total. The topological polar surface area (TPSA) is 50.4 Å². The molecular weight excluding hydrogens is 216 g/mol. The summed E-state index contributed by atoms with van der Waals surface area (Å²) < 4.78 is 5.72. The Kier molecular flexibility index (Phi) is 8.01. The van der Waals surface area contributed by atoms with Crippen LogP contribution >= 0.6 is 0 Å². The second kappa shape index (κ2) is 9.42. The van der Waals surface area contributed by atoms with E-state index < -0.39 is 0 Å². The maximum absolute atomic E-state index is 11.3. The molecule has 4 nitrogen and oxygen atoms in total. The third-order valence-corrected chi connectivity index (χ3v) is 3.04. The van der Waals surface area contributed by atoms with Crippen LogP contribution in [0.4, 0.5) is 0 Å². The highest BCUT2D eigenvalue weighted by atomic mass is 16.5. The van der Waals surface area contributed by atoms with E-state index in [4.69, 9.17) is 4.74 Å². The van der Waals surface area contributed by atoms with Gasteiger partial charge in [-0.05, 0) is 25.8 Å². The normalized spacial score (nSPS) is 17.0. The van der Waals surface area contributed by atoms with Gasteiger partial charge in [0.15, 0.2) is 0 Å². The molecule has 1 fully saturated rings. The Morgan fingerprint density at radius 2 is 2.00 bits per heavy atom. The van der Waals surface area contributed by atoms with Crippen molar-refractivity contribution in [1.82, 2.24) is 10.6 Å². The smallest absolute Gasteiger partial charge is 0.234 e. The molecule has 0 saturated heterocycles. The van der Waals surface area contributed by atoms with Gasteiger partial charge < -0.3 is 15.4 Å². The summed E-state index contributed by atoms with van der Waals surface area (Å²) in [6.45, 7) is 4.67. The van der Waals surface area contributed by atoms with Crippen LogP contribution in [0.5, 0.6) is 0 Å². The lowest BCUT2D eigenvalue weighted by Crippen LogP contribution is -2.36. The first kappa shape index (κ1) is 14.5. The number of rotatable bonds is 8. The average molecular weight is 242 g/mol. The predicted molar refractivity (Wildman–Crippen MR) is 69.0 cm³/mol. The molecule has 0 unspecified atom stereocenters. The lowest BCUT2D eigenvalue weighted by molar-refractivity contribution is -0.120. The van der Waals surface area contributed by atoms with Gasteiger partial charge >= 0.3 is 0 Å². The molecule has 1 saturated carbocycles. The van der Waals surface area contributed by atoms with Crippen LogP contribution in [0, 0.1) is 0 Å². The molecule has 0 aliphatic heterocycles. The van der Waals surface area contributed by atoms with E-state index in [1.54, 1.807) is 0 Å². The van der Waals surface area contributed by atoms with Crippen molar-refractivity contribution in [1.29, 1.82) is 0 Å². The molecule has 17 heavy (non-hydrogen) atoms. The quantitative estimate of drug-likeness (QED) is 0.633. The van der Waals surface area contributed by atoms with E-state index >= 15 is 0 Å². The molecule has 0 heterocycles. The standard InChI is InChI=1S/C13H26N2O2/c1-2-8-14-11-13(16)15-9-10-17-12-6-4-3-5-7-12/h12,14H,2-11H2,1H3,(H,15,16). The fourth-order valence-corrected chi connectivity index (χ4v) is 2.09. The Hall–Kier alpha value is -0.610. The van der Waals surface area contributed by atoms with E-state index in [1.807, 2.05) is 0 Å². The number of ether oxygens (including phenoxy) is 1. The second-order valence-electron chi connectivity index (χ2n) is 4.66. The molecule has 0 aromatic rings. The van der Waals surface area contributed by atoms with Crippen molar-refractivity contribution >= 4 is 5.91 Å². The van der Waals surface area contributed by atoms with E-state index in [-0.39, 0.29) is 5.91 Å². The van der Waals surface area contributed by atoms with Crippen LogP contribution in [0.1, 0.15) is 45.4 Å². The Bertz CT molecular complexity index is 204. The van der Waals surface area contributed by atoms with Crippen molar-refractivity contribution < 1.29 is 9.53 Å². The van der Waals surface area contributed by atoms with Crippen molar-refractivity contribution in [2.75, 3.05) is 26.2 Å². The van der Waals surface area contributed by atoms with Crippen molar-refractivity contribution in [2.45, 2.75) is 51.6 Å². The molecule has 0 spiro atoms. The minimum absolute atomic E-state index is 0.0608. The van der Waals surface area contributed by atoms with Gasteiger partial charge in [0.1, 0.15) is 0 Å². The van der Waals surface area contributed by atoms with Crippen LogP contribution in [0.25, 0.3) is 0 Å². The fourth-order valence-electron chi connectivity index (χ4n) is 2.09. The molecule has 100 valence electrons. The van der Waals surface area contributed by atoms with E-state index in [0.29, 0.717) is 25.8 Å². The summed E-state index contributed by atoms with van der Waals surface area (Å²) in [6.07, 6.45) is 7.78. The van der Waals surface area contributed by atoms with Crippen molar-refractivity contribution in [3.05, 3.63) is 0 Å². The highest BCUT2D eigenvalue weighted by Crippen LogP contribution is 2.19. The van der Waals surface area contributed by atoms with Crippen LogP contribution in [0.15, 0.2) is 0 Å². The minimum atomic E-state index is 0.0608. The molecule has 0 radical (unpaired) electrons. The van der Waals surface area contributed by atoms with Gasteiger partial charge in [0.05, 0.1) is 19.3 Å². The zero-order valence-corrected chi connectivity index (χ0v) is 11.0. The van der Waals surface area contributed by atoms with E-state index in [9.17, 15) is 4.79 Å². The van der Waals surface area contributed by atoms with Crippen LogP contribution in [-0.4, -0.2) is 38.3 Å². The Balaban J connectivity index is 1.90. The Morgan fingerprint density at radius 1 is 1.24 bits per heavy atom. The lowest BCUT2D eigenvalue weighted by Gasteiger charge is -2.21. The zero-order chi connectivity index (χ0) is 12.3. The summed E-state index contributed by atoms with van der Waals surface area (Å²) in [5.74, 6) is 0.0608. The minimum Gasteiger partial charge on any atom is -0.376 e. The first-order chi connectivity index (χ1) is 8.33. The van der Waals surface area contributed by atoms with Crippen molar-refractivity contribution in [3.8, 4) is 0 Å². The summed E-state index contributed by atoms with van der Waals surface area (Å²) in [6, 6.07) is 0. The predicted octanol–water partition coefficient (Wildman–Crippen LogP) is 1.45. The SMILES string of the molecule is CCCNCC(=O)NCCOC1CCCCC1. The Morgan fingerprint density at radius 3 is 2.71 bits per heavy atom. The van der Waals surface area contributed by atoms with Crippen molar-refractivity contribution in [2.24, 2.45) is 0 Å². The summed E-state index contributed by atoms with van der Waals surface area (Å²) in [4.78, 5) is 11.3. The van der Waals surface area contributed by atoms with Gasteiger partial charge in [0, 0.05) is 6.54 Å². The molecule has 1 rings (SSSR count). The number of hydrogen-bond donors (Lipinski definition) is 2. The molecule has 1 amide bonds. The van der Waals surface area contributed by atoms with Gasteiger partial charge in [-0.2, -0.15) is 0 Å². The summed E-state index contributed by atoms with van der Waals surface area (Å²) in [7, 11) is 0. The number of hydrogen-bond acceptors (Lipinski definition) is 3. The number of carbonyl (C=O) groups is 1. The first-order valence-corrected chi connectivity index (χ1v) is 6.92. The highest BCUT2D eigenvalue weighted by molar-refractivity contribution is 5.77. The summed E-state index contributed by atoms with van der Waals surface area (Å²) in [5.41, 5.74) is 0. The second-order valence-corrected chi connectivity index (χ2v) is 4.66. The van der Waals surface area contributed by atoms with Gasteiger partial charge in [0.25, 0.3) is 0 Å². The van der Waals surface area contributed by atoms with Gasteiger partial charge in [-0.3, -0.25) is 4.79 Å². The summed E-state index contributed by atoms with van der Waals surface area (Å²) >= 11 is 0. The molecular formula is C13H26N2O2. The highest BCUT2D eigenvalue weighted by Gasteiger charge is 2.13. The van der Waals surface area contributed by atoms with Crippen LogP contribution < -0.4 is 10.6 Å². The molecule has 1 aliphatic carbocycles. The first-order valence-electron chi connectivity index (χ1n) is 6.92. The third kappa shape index (κ3) is 7.34. The fraction of sp³-hybridized carbons (Fsp3) is 0.923. The largest absolute Gasteiger partial charge is 0.376 e. The van der Waals surface area contributed by atoms with Gasteiger partial charge in [-0.25, -0.2) is 0 Å². The maximum atomic E-state index is 11.3. The van der Waals surface area contributed by atoms with E-state index in [0.717, 1.165) is 13.0 Å². The molecule has 0 atom stereocenters. The lowest BCUT2D eigenvalue weighted by atomic mass is 9.98. The van der Waals surface area contributed by atoms with Gasteiger partial charge in [-0.15, -0.1) is 0 Å². The number of amides is 1. The monoisotopic (exact) mass is 242 g/mol. The molecule has 0 aromatic carbocycles. The molecule has 0 aromatic heterocycles. The third-order valence-electron chi connectivity index (χ3n) is 3.04. The number of carbonyl (C=O) groups excluding carboxylic acids is 1. The molecule has 0 bridgehead atoms. The van der Waals surface area contributed by atoms with Gasteiger partial charge in [0.2, 0.25) is 5.91 Å². The molecule has 1 aliphatic rings. The zero-order valence-electron chi connectivity index (χ0n) is 11.0. The van der Waals surface area contributed by atoms with Crippen LogP contribution in [-0.2, 0) is 9.53 Å².